The number of hydrogen-bond donors (Lipinski definition) is 1. The summed E-state index contributed by atoms with van der Waals surface area (Å²) in [6, 6.07) is 11.4. The molecule has 0 saturated carbocycles. The van der Waals surface area contributed by atoms with Crippen LogP contribution in [0.4, 0.5) is 0 Å². The fourth-order valence-electron chi connectivity index (χ4n) is 3.26. The van der Waals surface area contributed by atoms with Gasteiger partial charge >= 0.3 is 0 Å². The van der Waals surface area contributed by atoms with Gasteiger partial charge in [0.2, 0.25) is 5.91 Å². The van der Waals surface area contributed by atoms with Crippen LogP contribution in [0, 0.1) is 5.92 Å². The van der Waals surface area contributed by atoms with E-state index in [-0.39, 0.29) is 11.8 Å². The third-order valence-electron chi connectivity index (χ3n) is 4.62. The maximum absolute atomic E-state index is 12.5. The van der Waals surface area contributed by atoms with Crippen molar-refractivity contribution < 1.29 is 19.0 Å². The molecule has 5 nitrogen and oxygen atoms in total. The van der Waals surface area contributed by atoms with Crippen LogP contribution in [0.15, 0.2) is 36.4 Å². The van der Waals surface area contributed by atoms with Crippen LogP contribution in [-0.4, -0.2) is 32.3 Å². The number of carbonyl (C=O) groups excluding carboxylic acids is 1. The van der Waals surface area contributed by atoms with Crippen molar-refractivity contribution in [3.63, 3.8) is 0 Å². The molecule has 0 unspecified atom stereocenters. The van der Waals surface area contributed by atoms with Crippen LogP contribution < -0.4 is 19.5 Å². The topological polar surface area (TPSA) is 56.8 Å². The SMILES string of the molecule is CCOc1ccc(CCNC(=O)[C@@H]2COc3ccc(Cl)cc3C2)cc1OCC. The zero-order chi connectivity index (χ0) is 19.9. The minimum Gasteiger partial charge on any atom is -0.492 e. The van der Waals surface area contributed by atoms with Crippen LogP contribution in [0.2, 0.25) is 5.02 Å². The number of rotatable bonds is 8. The number of amides is 1. The molecular formula is C22H26ClNO4. The van der Waals surface area contributed by atoms with E-state index in [4.69, 9.17) is 25.8 Å². The van der Waals surface area contributed by atoms with Gasteiger partial charge in [-0.25, -0.2) is 0 Å². The van der Waals surface area contributed by atoms with E-state index >= 15 is 0 Å². The van der Waals surface area contributed by atoms with E-state index in [9.17, 15) is 4.79 Å². The van der Waals surface area contributed by atoms with Crippen molar-refractivity contribution >= 4 is 17.5 Å². The average Bonchev–Trinajstić information content (AvgIpc) is 2.69. The van der Waals surface area contributed by atoms with Crippen LogP contribution in [0.1, 0.15) is 25.0 Å². The molecule has 0 spiro atoms. The predicted molar refractivity (Wildman–Crippen MR) is 110 cm³/mol. The van der Waals surface area contributed by atoms with E-state index in [1.54, 1.807) is 6.07 Å². The molecule has 1 aliphatic rings. The van der Waals surface area contributed by atoms with E-state index in [0.29, 0.717) is 44.2 Å². The third-order valence-corrected chi connectivity index (χ3v) is 4.86. The van der Waals surface area contributed by atoms with Crippen molar-refractivity contribution in [1.29, 1.82) is 0 Å². The minimum absolute atomic E-state index is 0.00148. The van der Waals surface area contributed by atoms with Crippen LogP contribution in [0.25, 0.3) is 0 Å². The lowest BCUT2D eigenvalue weighted by atomic mass is 9.96. The third kappa shape index (κ3) is 5.10. The molecule has 0 radical (unpaired) electrons. The maximum atomic E-state index is 12.5. The molecule has 0 bridgehead atoms. The van der Waals surface area contributed by atoms with Crippen molar-refractivity contribution in [2.45, 2.75) is 26.7 Å². The first-order chi connectivity index (χ1) is 13.6. The Bertz CT molecular complexity index is 824. The number of nitrogens with one attached hydrogen (secondary N) is 1. The molecule has 150 valence electrons. The fourth-order valence-corrected chi connectivity index (χ4v) is 3.45. The lowest BCUT2D eigenvalue weighted by molar-refractivity contribution is -0.126. The Labute approximate surface area is 170 Å². The van der Waals surface area contributed by atoms with Gasteiger partial charge in [-0.15, -0.1) is 0 Å². The summed E-state index contributed by atoms with van der Waals surface area (Å²) in [5, 5.41) is 3.67. The largest absolute Gasteiger partial charge is 0.492 e. The van der Waals surface area contributed by atoms with Gasteiger partial charge < -0.3 is 19.5 Å². The Morgan fingerprint density at radius 2 is 1.93 bits per heavy atom. The lowest BCUT2D eigenvalue weighted by Gasteiger charge is -2.24. The van der Waals surface area contributed by atoms with E-state index < -0.39 is 0 Å². The van der Waals surface area contributed by atoms with E-state index in [1.807, 2.05) is 44.2 Å². The maximum Gasteiger partial charge on any atom is 0.226 e. The number of fused-ring (bicyclic) bond motifs is 1. The summed E-state index contributed by atoms with van der Waals surface area (Å²) < 4.78 is 16.9. The van der Waals surface area contributed by atoms with Crippen molar-refractivity contribution in [3.05, 3.63) is 52.5 Å². The molecule has 28 heavy (non-hydrogen) atoms. The highest BCUT2D eigenvalue weighted by Gasteiger charge is 2.25. The summed E-state index contributed by atoms with van der Waals surface area (Å²) in [5.41, 5.74) is 2.07. The van der Waals surface area contributed by atoms with Crippen molar-refractivity contribution in [3.8, 4) is 17.2 Å². The molecule has 1 amide bonds. The average molecular weight is 404 g/mol. The molecule has 0 saturated heterocycles. The Balaban J connectivity index is 1.53. The van der Waals surface area contributed by atoms with E-state index in [0.717, 1.165) is 28.4 Å². The second-order valence-corrected chi connectivity index (χ2v) is 7.09. The van der Waals surface area contributed by atoms with Gasteiger partial charge in [0.25, 0.3) is 0 Å². The summed E-state index contributed by atoms with van der Waals surface area (Å²) in [5.74, 6) is 2.09. The molecule has 0 fully saturated rings. The zero-order valence-electron chi connectivity index (χ0n) is 16.3. The summed E-state index contributed by atoms with van der Waals surface area (Å²) in [6.45, 7) is 6.00. The Kier molecular flexibility index (Phi) is 7.04. The highest BCUT2D eigenvalue weighted by Crippen LogP contribution is 2.30. The molecule has 1 N–H and O–H groups in total. The smallest absolute Gasteiger partial charge is 0.226 e. The molecule has 1 heterocycles. The number of carbonyl (C=O) groups is 1. The van der Waals surface area contributed by atoms with E-state index in [2.05, 4.69) is 5.32 Å². The quantitative estimate of drug-likeness (QED) is 0.722. The van der Waals surface area contributed by atoms with Gasteiger partial charge in [-0.2, -0.15) is 0 Å². The van der Waals surface area contributed by atoms with Gasteiger partial charge in [0, 0.05) is 11.6 Å². The summed E-state index contributed by atoms with van der Waals surface area (Å²) in [6.07, 6.45) is 1.35. The number of ether oxygens (including phenoxy) is 3. The van der Waals surface area contributed by atoms with Gasteiger partial charge in [-0.05, 0) is 68.1 Å². The van der Waals surface area contributed by atoms with Crippen molar-refractivity contribution in [2.24, 2.45) is 5.92 Å². The van der Waals surface area contributed by atoms with Crippen molar-refractivity contribution in [2.75, 3.05) is 26.4 Å². The second kappa shape index (κ2) is 9.69. The Morgan fingerprint density at radius 1 is 1.14 bits per heavy atom. The number of halogens is 1. The predicted octanol–water partition coefficient (Wildman–Crippen LogP) is 4.05. The fraction of sp³-hybridized carbons (Fsp3) is 0.409. The van der Waals surface area contributed by atoms with Gasteiger partial charge in [0.05, 0.1) is 19.1 Å². The highest BCUT2D eigenvalue weighted by atomic mass is 35.5. The number of benzene rings is 2. The monoisotopic (exact) mass is 403 g/mol. The summed E-state index contributed by atoms with van der Waals surface area (Å²) >= 11 is 6.05. The van der Waals surface area contributed by atoms with Gasteiger partial charge in [-0.1, -0.05) is 17.7 Å². The normalized spacial score (nSPS) is 15.3. The molecule has 1 atom stereocenters. The van der Waals surface area contributed by atoms with Crippen LogP contribution in [0.3, 0.4) is 0 Å². The minimum atomic E-state index is -0.203. The standard InChI is InChI=1S/C22H26ClNO4/c1-3-26-20-7-5-15(11-21(20)27-4-2)9-10-24-22(25)17-12-16-13-18(23)6-8-19(16)28-14-17/h5-8,11,13,17H,3-4,9-10,12,14H2,1-2H3,(H,24,25)/t17-/m0/s1. The Hall–Kier alpha value is -2.40. The first-order valence-corrected chi connectivity index (χ1v) is 10.1. The molecule has 0 aromatic heterocycles. The molecular weight excluding hydrogens is 378 g/mol. The number of hydrogen-bond acceptors (Lipinski definition) is 4. The molecule has 1 aliphatic heterocycles. The van der Waals surface area contributed by atoms with Crippen molar-refractivity contribution in [1.82, 2.24) is 5.32 Å². The van der Waals surface area contributed by atoms with Gasteiger partial charge in [0.15, 0.2) is 11.5 Å². The Morgan fingerprint density at radius 3 is 2.71 bits per heavy atom. The molecule has 2 aromatic carbocycles. The summed E-state index contributed by atoms with van der Waals surface area (Å²) in [4.78, 5) is 12.5. The zero-order valence-corrected chi connectivity index (χ0v) is 17.1. The first-order valence-electron chi connectivity index (χ1n) is 9.68. The molecule has 3 rings (SSSR count). The second-order valence-electron chi connectivity index (χ2n) is 6.65. The van der Waals surface area contributed by atoms with Gasteiger partial charge in [-0.3, -0.25) is 4.79 Å². The lowest BCUT2D eigenvalue weighted by Crippen LogP contribution is -2.38. The van der Waals surface area contributed by atoms with E-state index in [1.165, 1.54) is 0 Å². The van der Waals surface area contributed by atoms with Crippen LogP contribution in [-0.2, 0) is 17.6 Å². The highest BCUT2D eigenvalue weighted by molar-refractivity contribution is 6.30. The molecule has 6 heteroatoms. The van der Waals surface area contributed by atoms with Gasteiger partial charge in [0.1, 0.15) is 12.4 Å². The van der Waals surface area contributed by atoms with Crippen LogP contribution in [0.5, 0.6) is 17.2 Å². The summed E-state index contributed by atoms with van der Waals surface area (Å²) in [7, 11) is 0. The van der Waals surface area contributed by atoms with Crippen LogP contribution >= 0.6 is 11.6 Å². The molecule has 0 aliphatic carbocycles. The molecule has 2 aromatic rings. The first kappa shape index (κ1) is 20.3.